The van der Waals surface area contributed by atoms with Gasteiger partial charge < -0.3 is 15.0 Å². The minimum absolute atomic E-state index is 0.0276. The Bertz CT molecular complexity index is 370. The van der Waals surface area contributed by atoms with Gasteiger partial charge in [-0.15, -0.1) is 0 Å². The number of carbonyl (C=O) groups is 2. The average Bonchev–Trinajstić information content (AvgIpc) is 2.68. The van der Waals surface area contributed by atoms with Crippen LogP contribution in [0.4, 0.5) is 0 Å². The van der Waals surface area contributed by atoms with Crippen molar-refractivity contribution in [3.8, 4) is 0 Å². The summed E-state index contributed by atoms with van der Waals surface area (Å²) in [5.74, 6) is 0.288. The van der Waals surface area contributed by atoms with Crippen LogP contribution in [-0.2, 0) is 14.3 Å². The zero-order valence-corrected chi connectivity index (χ0v) is 12.8. The van der Waals surface area contributed by atoms with Crippen LogP contribution in [0.15, 0.2) is 0 Å². The van der Waals surface area contributed by atoms with E-state index in [0.717, 1.165) is 19.4 Å². The standard InChI is InChI=1S/C15H26N2O3/c1-15(2,3)10-17-9-12(8-13(17)18)16-14(19)11-4-6-20-7-5-11/h11-12H,4-10H2,1-3H3,(H,16,19). The molecule has 0 aromatic carbocycles. The summed E-state index contributed by atoms with van der Waals surface area (Å²) in [4.78, 5) is 26.0. The molecule has 2 aliphatic rings. The fourth-order valence-corrected chi connectivity index (χ4v) is 2.87. The molecule has 2 saturated heterocycles. The highest BCUT2D eigenvalue weighted by Crippen LogP contribution is 2.21. The Morgan fingerprint density at radius 2 is 2.00 bits per heavy atom. The molecule has 0 aromatic heterocycles. The van der Waals surface area contributed by atoms with Crippen LogP contribution in [-0.4, -0.2) is 49.1 Å². The number of carbonyl (C=O) groups excluding carboxylic acids is 2. The van der Waals surface area contributed by atoms with Crippen molar-refractivity contribution in [2.45, 2.75) is 46.1 Å². The highest BCUT2D eigenvalue weighted by Gasteiger charge is 2.34. The first-order chi connectivity index (χ1) is 9.35. The normalized spacial score (nSPS) is 25.1. The lowest BCUT2D eigenvalue weighted by atomic mass is 9.96. The molecule has 0 aromatic rings. The number of hydrogen-bond acceptors (Lipinski definition) is 3. The molecule has 0 saturated carbocycles. The lowest BCUT2D eigenvalue weighted by Crippen LogP contribution is -2.42. The van der Waals surface area contributed by atoms with Crippen LogP contribution in [0.5, 0.6) is 0 Å². The molecule has 2 fully saturated rings. The zero-order chi connectivity index (χ0) is 14.8. The number of nitrogens with one attached hydrogen (secondary N) is 1. The largest absolute Gasteiger partial charge is 0.381 e. The maximum absolute atomic E-state index is 12.2. The Kier molecular flexibility index (Phi) is 4.68. The SMILES string of the molecule is CC(C)(C)CN1CC(NC(=O)C2CCOCC2)CC1=O. The van der Waals surface area contributed by atoms with Gasteiger partial charge in [0, 0.05) is 38.6 Å². The van der Waals surface area contributed by atoms with Crippen molar-refractivity contribution in [3.63, 3.8) is 0 Å². The second kappa shape index (κ2) is 6.12. The first kappa shape index (κ1) is 15.3. The van der Waals surface area contributed by atoms with Gasteiger partial charge in [-0.05, 0) is 18.3 Å². The third-order valence-electron chi connectivity index (χ3n) is 3.82. The monoisotopic (exact) mass is 282 g/mol. The summed E-state index contributed by atoms with van der Waals surface area (Å²) in [5, 5.41) is 3.04. The first-order valence-corrected chi connectivity index (χ1v) is 7.51. The molecule has 20 heavy (non-hydrogen) atoms. The second-order valence-corrected chi connectivity index (χ2v) is 7.13. The summed E-state index contributed by atoms with van der Waals surface area (Å²) >= 11 is 0. The number of likely N-dealkylation sites (tertiary alicyclic amines) is 1. The van der Waals surface area contributed by atoms with E-state index in [4.69, 9.17) is 4.74 Å². The highest BCUT2D eigenvalue weighted by molar-refractivity contribution is 5.83. The molecule has 2 aliphatic heterocycles. The molecule has 5 nitrogen and oxygen atoms in total. The van der Waals surface area contributed by atoms with E-state index < -0.39 is 0 Å². The van der Waals surface area contributed by atoms with Crippen molar-refractivity contribution in [3.05, 3.63) is 0 Å². The average molecular weight is 282 g/mol. The van der Waals surface area contributed by atoms with Crippen molar-refractivity contribution in [1.29, 1.82) is 0 Å². The quantitative estimate of drug-likeness (QED) is 0.845. The van der Waals surface area contributed by atoms with Gasteiger partial charge in [-0.1, -0.05) is 20.8 Å². The summed E-state index contributed by atoms with van der Waals surface area (Å²) in [7, 11) is 0. The van der Waals surface area contributed by atoms with E-state index in [1.54, 1.807) is 0 Å². The summed E-state index contributed by atoms with van der Waals surface area (Å²) in [6.07, 6.45) is 2.02. The van der Waals surface area contributed by atoms with E-state index in [1.807, 2.05) is 4.90 Å². The molecule has 2 rings (SSSR count). The van der Waals surface area contributed by atoms with Gasteiger partial charge in [0.1, 0.15) is 0 Å². The van der Waals surface area contributed by atoms with Crippen molar-refractivity contribution in [2.24, 2.45) is 11.3 Å². The molecule has 1 unspecified atom stereocenters. The molecule has 114 valence electrons. The van der Waals surface area contributed by atoms with Gasteiger partial charge in [0.25, 0.3) is 0 Å². The van der Waals surface area contributed by atoms with Crippen molar-refractivity contribution < 1.29 is 14.3 Å². The van der Waals surface area contributed by atoms with E-state index in [9.17, 15) is 9.59 Å². The Hall–Kier alpha value is -1.10. The Balaban J connectivity index is 1.82. The molecule has 2 heterocycles. The molecule has 0 aliphatic carbocycles. The van der Waals surface area contributed by atoms with Gasteiger partial charge in [0.05, 0.1) is 6.04 Å². The van der Waals surface area contributed by atoms with Crippen LogP contribution < -0.4 is 5.32 Å². The van der Waals surface area contributed by atoms with Crippen LogP contribution in [0, 0.1) is 11.3 Å². The predicted octanol–water partition coefficient (Wildman–Crippen LogP) is 1.18. The fraction of sp³-hybridized carbons (Fsp3) is 0.867. The van der Waals surface area contributed by atoms with Crippen molar-refractivity contribution in [1.82, 2.24) is 10.2 Å². The van der Waals surface area contributed by atoms with Gasteiger partial charge in [-0.3, -0.25) is 9.59 Å². The van der Waals surface area contributed by atoms with Gasteiger partial charge >= 0.3 is 0 Å². The molecule has 1 N–H and O–H groups in total. The van der Waals surface area contributed by atoms with Crippen molar-refractivity contribution in [2.75, 3.05) is 26.3 Å². The van der Waals surface area contributed by atoms with E-state index >= 15 is 0 Å². The third kappa shape index (κ3) is 4.20. The lowest BCUT2D eigenvalue weighted by Gasteiger charge is -2.27. The van der Waals surface area contributed by atoms with Crippen molar-refractivity contribution >= 4 is 11.8 Å². The molecule has 0 spiro atoms. The number of nitrogens with zero attached hydrogens (tertiary/aromatic N) is 1. The molecule has 0 bridgehead atoms. The zero-order valence-electron chi connectivity index (χ0n) is 12.8. The van der Waals surface area contributed by atoms with E-state index in [-0.39, 0.29) is 29.2 Å². The van der Waals surface area contributed by atoms with E-state index in [1.165, 1.54) is 0 Å². The molecular weight excluding hydrogens is 256 g/mol. The smallest absolute Gasteiger partial charge is 0.224 e. The molecule has 1 atom stereocenters. The molecule has 0 radical (unpaired) electrons. The Morgan fingerprint density at radius 1 is 1.35 bits per heavy atom. The Morgan fingerprint density at radius 3 is 2.60 bits per heavy atom. The van der Waals surface area contributed by atoms with Crippen LogP contribution >= 0.6 is 0 Å². The summed E-state index contributed by atoms with van der Waals surface area (Å²) in [6, 6.07) is -0.0276. The minimum atomic E-state index is -0.0276. The van der Waals surface area contributed by atoms with Crippen LogP contribution in [0.1, 0.15) is 40.0 Å². The van der Waals surface area contributed by atoms with Gasteiger partial charge in [-0.2, -0.15) is 0 Å². The van der Waals surface area contributed by atoms with E-state index in [2.05, 4.69) is 26.1 Å². The number of ether oxygens (including phenoxy) is 1. The highest BCUT2D eigenvalue weighted by atomic mass is 16.5. The summed E-state index contributed by atoms with van der Waals surface area (Å²) in [5.41, 5.74) is 0.0925. The Labute approximate surface area is 121 Å². The third-order valence-corrected chi connectivity index (χ3v) is 3.82. The van der Waals surface area contributed by atoms with Gasteiger partial charge in [0.15, 0.2) is 0 Å². The molecule has 5 heteroatoms. The maximum Gasteiger partial charge on any atom is 0.224 e. The summed E-state index contributed by atoms with van der Waals surface area (Å²) in [6.45, 7) is 9.08. The first-order valence-electron chi connectivity index (χ1n) is 7.51. The second-order valence-electron chi connectivity index (χ2n) is 7.13. The predicted molar refractivity (Wildman–Crippen MR) is 76.1 cm³/mol. The van der Waals surface area contributed by atoms with Crippen LogP contribution in [0.2, 0.25) is 0 Å². The topological polar surface area (TPSA) is 58.6 Å². The maximum atomic E-state index is 12.2. The molecular formula is C15H26N2O3. The lowest BCUT2D eigenvalue weighted by molar-refractivity contribution is -0.128. The van der Waals surface area contributed by atoms with E-state index in [0.29, 0.717) is 26.2 Å². The number of hydrogen-bond donors (Lipinski definition) is 1. The van der Waals surface area contributed by atoms with Crippen LogP contribution in [0.3, 0.4) is 0 Å². The van der Waals surface area contributed by atoms with Gasteiger partial charge in [0.2, 0.25) is 11.8 Å². The number of rotatable bonds is 3. The van der Waals surface area contributed by atoms with Crippen LogP contribution in [0.25, 0.3) is 0 Å². The number of amides is 2. The fourth-order valence-electron chi connectivity index (χ4n) is 2.87. The summed E-state index contributed by atoms with van der Waals surface area (Å²) < 4.78 is 5.27. The van der Waals surface area contributed by atoms with Gasteiger partial charge in [-0.25, -0.2) is 0 Å². The minimum Gasteiger partial charge on any atom is -0.381 e. The molecule has 2 amide bonds.